The van der Waals surface area contributed by atoms with Crippen LogP contribution in [-0.4, -0.2) is 68.8 Å². The minimum absolute atomic E-state index is 0.0846. The molecule has 2 bridgehead atoms. The van der Waals surface area contributed by atoms with Gasteiger partial charge in [0.05, 0.1) is 0 Å². The summed E-state index contributed by atoms with van der Waals surface area (Å²) < 4.78 is 6.21. The Labute approximate surface area is 266 Å². The van der Waals surface area contributed by atoms with Crippen LogP contribution in [0.15, 0.2) is 48.5 Å². The molecule has 2 saturated carbocycles. The maximum absolute atomic E-state index is 14.3. The topological polar surface area (TPSA) is 136 Å². The van der Waals surface area contributed by atoms with Crippen LogP contribution in [0.1, 0.15) is 83.8 Å². The summed E-state index contributed by atoms with van der Waals surface area (Å²) in [6.07, 6.45) is 2.34. The van der Waals surface area contributed by atoms with E-state index in [1.54, 1.807) is 4.90 Å². The number of aliphatic hydroxyl groups is 1. The maximum Gasteiger partial charge on any atom is 0.329 e. The third-order valence-corrected chi connectivity index (χ3v) is 11.8. The second-order valence-electron chi connectivity index (χ2n) is 14.3. The van der Waals surface area contributed by atoms with Gasteiger partial charge >= 0.3 is 5.97 Å². The van der Waals surface area contributed by atoms with E-state index in [2.05, 4.69) is 26.1 Å². The number of benzene rings is 2. The van der Waals surface area contributed by atoms with Gasteiger partial charge in [-0.15, -0.1) is 0 Å². The molecular weight excluding hydrogens is 572 g/mol. The molecule has 9 nitrogen and oxygen atoms in total. The van der Waals surface area contributed by atoms with Crippen molar-refractivity contribution in [3.63, 3.8) is 0 Å². The number of hydrogen-bond acceptors (Lipinski definition) is 7. The molecule has 244 valence electrons. The first-order valence-electron chi connectivity index (χ1n) is 16.3. The summed E-state index contributed by atoms with van der Waals surface area (Å²) in [4.78, 5) is 43.0. The van der Waals surface area contributed by atoms with Crippen molar-refractivity contribution < 1.29 is 34.4 Å². The maximum atomic E-state index is 14.3. The largest absolute Gasteiger partial charge is 0.504 e. The van der Waals surface area contributed by atoms with E-state index in [0.717, 1.165) is 24.8 Å². The van der Waals surface area contributed by atoms with Gasteiger partial charge in [0.1, 0.15) is 24.3 Å². The van der Waals surface area contributed by atoms with Gasteiger partial charge in [0.2, 0.25) is 11.8 Å². The van der Waals surface area contributed by atoms with Crippen molar-refractivity contribution >= 4 is 17.8 Å². The van der Waals surface area contributed by atoms with E-state index in [1.165, 1.54) is 18.2 Å². The fraction of sp³-hybridized carbons (Fsp3) is 0.583. The molecule has 3 fully saturated rings. The van der Waals surface area contributed by atoms with Gasteiger partial charge in [-0.05, 0) is 78.5 Å². The van der Waals surface area contributed by atoms with Crippen LogP contribution in [0.4, 0.5) is 0 Å². The molecular formula is C36H48N2O7. The van der Waals surface area contributed by atoms with E-state index in [1.807, 2.05) is 44.2 Å². The molecule has 8 atom stereocenters. The summed E-state index contributed by atoms with van der Waals surface area (Å²) in [5.41, 5.74) is 1.44. The monoisotopic (exact) mass is 620 g/mol. The number of hydrogen-bond donors (Lipinski definition) is 4. The molecule has 1 saturated heterocycles. The van der Waals surface area contributed by atoms with Crippen molar-refractivity contribution in [2.45, 2.75) is 103 Å². The number of ether oxygens (including phenoxy) is 1. The molecule has 2 aromatic carbocycles. The number of fused-ring (bicyclic) bond motifs is 2. The van der Waals surface area contributed by atoms with Gasteiger partial charge in [-0.3, -0.25) is 9.59 Å². The zero-order chi connectivity index (χ0) is 32.7. The zero-order valence-electron chi connectivity index (χ0n) is 27.0. The number of carbonyl (C=O) groups is 3. The highest BCUT2D eigenvalue weighted by Gasteiger charge is 2.63. The number of likely N-dealkylation sites (tertiary alicyclic amines) is 1. The van der Waals surface area contributed by atoms with E-state index < -0.39 is 24.1 Å². The average molecular weight is 621 g/mol. The number of rotatable bonds is 10. The highest BCUT2D eigenvalue weighted by Crippen LogP contribution is 2.66. The standard InChI is InChI=1S/C36H48N2O7/c1-21(24-10-7-6-8-11-24)22(2)31(37-32(42)29(41)19-23-13-14-27(39)28(40)18-23)33(43)38-17-9-12-26(38)34(44)45-30-20-25-15-16-36(30,5)35(25,3)4/h6-8,10-11,13-14,18,21-22,25-26,29-31,39-41H,9,12,15-17,19-20H2,1-5H3,(H,37,42). The van der Waals surface area contributed by atoms with Gasteiger partial charge in [0, 0.05) is 18.4 Å². The number of aliphatic hydroxyl groups excluding tert-OH is 1. The molecule has 2 aromatic rings. The zero-order valence-corrected chi connectivity index (χ0v) is 27.0. The van der Waals surface area contributed by atoms with Crippen LogP contribution < -0.4 is 5.32 Å². The van der Waals surface area contributed by atoms with Crippen LogP contribution >= 0.6 is 0 Å². The molecule has 2 amide bonds. The molecule has 4 N–H and O–H groups in total. The van der Waals surface area contributed by atoms with Gasteiger partial charge in [0.15, 0.2) is 11.5 Å². The number of phenols is 2. The van der Waals surface area contributed by atoms with E-state index in [9.17, 15) is 29.7 Å². The third kappa shape index (κ3) is 6.16. The Bertz CT molecular complexity index is 1410. The molecule has 8 unspecified atom stereocenters. The number of nitrogens with one attached hydrogen (secondary N) is 1. The van der Waals surface area contributed by atoms with Gasteiger partial charge in [-0.2, -0.15) is 0 Å². The SMILES string of the molecule is CC(c1ccccc1)C(C)C(NC(=O)C(O)Cc1ccc(O)c(O)c1)C(=O)N1CCCC1C(=O)OC1CC2CCC1(C)C2(C)C. The predicted octanol–water partition coefficient (Wildman–Crippen LogP) is 4.67. The Morgan fingerprint density at radius 3 is 2.36 bits per heavy atom. The van der Waals surface area contributed by atoms with Crippen molar-refractivity contribution in [1.82, 2.24) is 10.2 Å². The summed E-state index contributed by atoms with van der Waals surface area (Å²) in [5, 5.41) is 33.1. The van der Waals surface area contributed by atoms with Crippen LogP contribution in [-0.2, 0) is 25.5 Å². The molecule has 45 heavy (non-hydrogen) atoms. The number of phenolic OH excluding ortho intramolecular Hbond substituents is 2. The normalized spacial score (nSPS) is 27.9. The molecule has 3 aliphatic rings. The van der Waals surface area contributed by atoms with Crippen LogP contribution in [0.2, 0.25) is 0 Å². The minimum Gasteiger partial charge on any atom is -0.504 e. The molecule has 1 heterocycles. The van der Waals surface area contributed by atoms with Crippen molar-refractivity contribution in [3.8, 4) is 11.5 Å². The first-order chi connectivity index (χ1) is 21.2. The lowest BCUT2D eigenvalue weighted by Crippen LogP contribution is -2.57. The number of amides is 2. The summed E-state index contributed by atoms with van der Waals surface area (Å²) in [6, 6.07) is 12.1. The summed E-state index contributed by atoms with van der Waals surface area (Å²) >= 11 is 0. The van der Waals surface area contributed by atoms with Gasteiger partial charge in [-0.25, -0.2) is 4.79 Å². The Morgan fingerprint density at radius 1 is 1.02 bits per heavy atom. The summed E-state index contributed by atoms with van der Waals surface area (Å²) in [6.45, 7) is 11.0. The van der Waals surface area contributed by atoms with Crippen LogP contribution in [0, 0.1) is 22.7 Å². The fourth-order valence-electron chi connectivity index (χ4n) is 8.01. The van der Waals surface area contributed by atoms with Crippen LogP contribution in [0.25, 0.3) is 0 Å². The fourth-order valence-corrected chi connectivity index (χ4v) is 8.01. The van der Waals surface area contributed by atoms with Gasteiger partial charge in [0.25, 0.3) is 0 Å². The quantitative estimate of drug-likeness (QED) is 0.224. The Morgan fingerprint density at radius 2 is 1.73 bits per heavy atom. The van der Waals surface area contributed by atoms with Crippen molar-refractivity contribution in [3.05, 3.63) is 59.7 Å². The Balaban J connectivity index is 1.34. The molecule has 9 heteroatoms. The van der Waals surface area contributed by atoms with Gasteiger partial charge < -0.3 is 30.3 Å². The second-order valence-corrected chi connectivity index (χ2v) is 14.3. The molecule has 0 aromatic heterocycles. The van der Waals surface area contributed by atoms with E-state index >= 15 is 0 Å². The molecule has 0 spiro atoms. The highest BCUT2D eigenvalue weighted by molar-refractivity contribution is 5.92. The molecule has 2 aliphatic carbocycles. The lowest BCUT2D eigenvalue weighted by molar-refractivity contribution is -0.165. The van der Waals surface area contributed by atoms with E-state index in [4.69, 9.17) is 4.74 Å². The second kappa shape index (κ2) is 12.7. The molecule has 5 rings (SSSR count). The van der Waals surface area contributed by atoms with Gasteiger partial charge in [-0.1, -0.05) is 71.0 Å². The number of esters is 1. The minimum atomic E-state index is -1.51. The number of carbonyl (C=O) groups excluding carboxylic acids is 3. The van der Waals surface area contributed by atoms with E-state index in [-0.39, 0.29) is 58.6 Å². The van der Waals surface area contributed by atoms with Crippen LogP contribution in [0.3, 0.4) is 0 Å². The molecule has 0 radical (unpaired) electrons. The van der Waals surface area contributed by atoms with Crippen molar-refractivity contribution in [2.75, 3.05) is 6.54 Å². The first-order valence-corrected chi connectivity index (χ1v) is 16.3. The molecule has 1 aliphatic heterocycles. The smallest absolute Gasteiger partial charge is 0.329 e. The first kappa shape index (κ1) is 32.8. The summed E-state index contributed by atoms with van der Waals surface area (Å²) in [5.74, 6) is -2.13. The van der Waals surface area contributed by atoms with Crippen LogP contribution in [0.5, 0.6) is 11.5 Å². The third-order valence-electron chi connectivity index (χ3n) is 11.8. The average Bonchev–Trinajstić information content (AvgIpc) is 3.65. The summed E-state index contributed by atoms with van der Waals surface area (Å²) in [7, 11) is 0. The lowest BCUT2D eigenvalue weighted by atomic mass is 9.70. The predicted molar refractivity (Wildman–Crippen MR) is 169 cm³/mol. The number of aromatic hydroxyl groups is 2. The van der Waals surface area contributed by atoms with Crippen molar-refractivity contribution in [1.29, 1.82) is 0 Å². The highest BCUT2D eigenvalue weighted by atomic mass is 16.5. The van der Waals surface area contributed by atoms with Crippen molar-refractivity contribution in [2.24, 2.45) is 22.7 Å². The Hall–Kier alpha value is -3.59. The Kier molecular flexibility index (Phi) is 9.23. The number of nitrogens with zero attached hydrogens (tertiary/aromatic N) is 1. The van der Waals surface area contributed by atoms with E-state index in [0.29, 0.717) is 30.9 Å². The lowest BCUT2D eigenvalue weighted by Gasteiger charge is -2.39.